The van der Waals surface area contributed by atoms with Crippen molar-refractivity contribution in [1.29, 1.82) is 5.26 Å². The molecule has 1 atom stereocenters. The number of hydrazine groups is 1. The summed E-state index contributed by atoms with van der Waals surface area (Å²) in [5, 5.41) is 8.73. The van der Waals surface area contributed by atoms with Gasteiger partial charge >= 0.3 is 0 Å². The molecule has 6 heteroatoms. The molecule has 0 aliphatic rings. The van der Waals surface area contributed by atoms with E-state index in [1.165, 1.54) is 0 Å². The van der Waals surface area contributed by atoms with Crippen LogP contribution in [0, 0.1) is 18.3 Å². The number of amides is 2. The van der Waals surface area contributed by atoms with Crippen molar-refractivity contribution in [2.75, 3.05) is 0 Å². The minimum absolute atomic E-state index is 0.408. The Hall–Kier alpha value is -3.33. The van der Waals surface area contributed by atoms with Crippen LogP contribution in [0.1, 0.15) is 28.4 Å². The zero-order valence-corrected chi connectivity index (χ0v) is 13.4. The molecule has 0 aliphatic carbocycles. The van der Waals surface area contributed by atoms with Gasteiger partial charge in [0.05, 0.1) is 11.6 Å². The Balaban J connectivity index is 1.85. The van der Waals surface area contributed by atoms with Crippen LogP contribution in [0.5, 0.6) is 5.75 Å². The van der Waals surface area contributed by atoms with Crippen LogP contribution in [0.4, 0.5) is 0 Å². The number of nitrogens with one attached hydrogen (secondary N) is 2. The molecule has 2 aromatic carbocycles. The average Bonchev–Trinajstić information content (AvgIpc) is 2.60. The Kier molecular flexibility index (Phi) is 5.53. The summed E-state index contributed by atoms with van der Waals surface area (Å²) in [5.74, 6) is -0.435. The fourth-order valence-electron chi connectivity index (χ4n) is 1.86. The SMILES string of the molecule is Cc1ccc(C(=O)NNC(=O)[C@@H](C)Oc2ccc(C#N)cc2)cc1. The molecule has 0 saturated heterocycles. The predicted octanol–water partition coefficient (Wildman–Crippen LogP) is 2.10. The molecule has 6 nitrogen and oxygen atoms in total. The standard InChI is InChI=1S/C18H17N3O3/c1-12-3-7-15(8-4-12)18(23)21-20-17(22)13(2)24-16-9-5-14(11-19)6-10-16/h3-10,13H,1-2H3,(H,20,22)(H,21,23)/t13-/m1/s1. The van der Waals surface area contributed by atoms with E-state index in [9.17, 15) is 9.59 Å². The lowest BCUT2D eigenvalue weighted by molar-refractivity contribution is -0.128. The highest BCUT2D eigenvalue weighted by molar-refractivity contribution is 5.95. The third-order valence-corrected chi connectivity index (χ3v) is 3.28. The topological polar surface area (TPSA) is 91.2 Å². The maximum atomic E-state index is 12.0. The van der Waals surface area contributed by atoms with Crippen molar-refractivity contribution in [3.8, 4) is 11.8 Å². The molecule has 0 radical (unpaired) electrons. The Morgan fingerprint density at radius 3 is 2.25 bits per heavy atom. The first-order valence-corrected chi connectivity index (χ1v) is 7.33. The number of hydrogen-bond donors (Lipinski definition) is 2. The van der Waals surface area contributed by atoms with E-state index >= 15 is 0 Å². The van der Waals surface area contributed by atoms with Crippen molar-refractivity contribution < 1.29 is 14.3 Å². The van der Waals surface area contributed by atoms with Crippen molar-refractivity contribution in [3.05, 3.63) is 65.2 Å². The number of carbonyl (C=O) groups excluding carboxylic acids is 2. The zero-order valence-electron chi connectivity index (χ0n) is 13.4. The number of ether oxygens (including phenoxy) is 1. The fourth-order valence-corrected chi connectivity index (χ4v) is 1.86. The van der Waals surface area contributed by atoms with Gasteiger partial charge in [0, 0.05) is 5.56 Å². The molecule has 0 unspecified atom stereocenters. The molecule has 0 bridgehead atoms. The van der Waals surface area contributed by atoms with Crippen LogP contribution in [0.2, 0.25) is 0 Å². The van der Waals surface area contributed by atoms with E-state index in [0.717, 1.165) is 5.56 Å². The lowest BCUT2D eigenvalue weighted by Crippen LogP contribution is -2.47. The molecule has 0 aliphatic heterocycles. The van der Waals surface area contributed by atoms with Crippen molar-refractivity contribution >= 4 is 11.8 Å². The summed E-state index contributed by atoms with van der Waals surface area (Å²) >= 11 is 0. The summed E-state index contributed by atoms with van der Waals surface area (Å²) in [7, 11) is 0. The Labute approximate surface area is 140 Å². The van der Waals surface area contributed by atoms with E-state index in [1.54, 1.807) is 43.3 Å². The minimum Gasteiger partial charge on any atom is -0.481 e. The van der Waals surface area contributed by atoms with Gasteiger partial charge in [-0.3, -0.25) is 20.4 Å². The predicted molar refractivity (Wildman–Crippen MR) is 88.0 cm³/mol. The van der Waals surface area contributed by atoms with E-state index in [1.807, 2.05) is 25.1 Å². The lowest BCUT2D eigenvalue weighted by atomic mass is 10.1. The number of carbonyl (C=O) groups is 2. The van der Waals surface area contributed by atoms with Crippen LogP contribution in [0.15, 0.2) is 48.5 Å². The summed E-state index contributed by atoms with van der Waals surface area (Å²) in [6, 6.07) is 15.4. The molecular formula is C18H17N3O3. The van der Waals surface area contributed by atoms with Crippen molar-refractivity contribution in [3.63, 3.8) is 0 Å². The summed E-state index contributed by atoms with van der Waals surface area (Å²) in [4.78, 5) is 23.9. The van der Waals surface area contributed by atoms with Crippen LogP contribution in [-0.2, 0) is 4.79 Å². The molecule has 0 saturated carbocycles. The molecule has 2 aromatic rings. The Morgan fingerprint density at radius 2 is 1.67 bits per heavy atom. The van der Waals surface area contributed by atoms with E-state index < -0.39 is 17.9 Å². The van der Waals surface area contributed by atoms with E-state index in [2.05, 4.69) is 10.9 Å². The number of nitriles is 1. The zero-order chi connectivity index (χ0) is 17.5. The summed E-state index contributed by atoms with van der Waals surface area (Å²) < 4.78 is 5.46. The van der Waals surface area contributed by atoms with Crippen LogP contribution >= 0.6 is 0 Å². The van der Waals surface area contributed by atoms with Crippen LogP contribution in [0.3, 0.4) is 0 Å². The highest BCUT2D eigenvalue weighted by Gasteiger charge is 2.15. The van der Waals surface area contributed by atoms with Gasteiger partial charge in [0.2, 0.25) is 0 Å². The molecule has 0 spiro atoms. The van der Waals surface area contributed by atoms with Gasteiger partial charge in [-0.05, 0) is 50.2 Å². The van der Waals surface area contributed by atoms with Crippen molar-refractivity contribution in [1.82, 2.24) is 10.9 Å². The van der Waals surface area contributed by atoms with Gasteiger partial charge in [-0.15, -0.1) is 0 Å². The molecule has 2 N–H and O–H groups in total. The quantitative estimate of drug-likeness (QED) is 0.843. The molecule has 0 aromatic heterocycles. The van der Waals surface area contributed by atoms with Crippen LogP contribution in [-0.4, -0.2) is 17.9 Å². The normalized spacial score (nSPS) is 11.0. The number of rotatable bonds is 4. The van der Waals surface area contributed by atoms with Crippen LogP contribution < -0.4 is 15.6 Å². The second-order valence-corrected chi connectivity index (χ2v) is 5.21. The second-order valence-electron chi connectivity index (χ2n) is 5.21. The largest absolute Gasteiger partial charge is 0.481 e. The Bertz CT molecular complexity index is 762. The highest BCUT2D eigenvalue weighted by atomic mass is 16.5. The van der Waals surface area contributed by atoms with Crippen molar-refractivity contribution in [2.45, 2.75) is 20.0 Å². The summed E-state index contributed by atoms with van der Waals surface area (Å²) in [5.41, 5.74) is 6.66. The average molecular weight is 323 g/mol. The van der Waals surface area contributed by atoms with E-state index in [-0.39, 0.29) is 0 Å². The summed E-state index contributed by atoms with van der Waals surface area (Å²) in [6.07, 6.45) is -0.809. The van der Waals surface area contributed by atoms with E-state index in [0.29, 0.717) is 16.9 Å². The van der Waals surface area contributed by atoms with Gasteiger partial charge in [0.25, 0.3) is 11.8 Å². The van der Waals surface area contributed by atoms with Crippen LogP contribution in [0.25, 0.3) is 0 Å². The van der Waals surface area contributed by atoms with E-state index in [4.69, 9.17) is 10.00 Å². The monoisotopic (exact) mass is 323 g/mol. The second kappa shape index (κ2) is 7.79. The number of nitrogens with zero attached hydrogens (tertiary/aromatic N) is 1. The first-order chi connectivity index (χ1) is 11.5. The maximum Gasteiger partial charge on any atom is 0.279 e. The highest BCUT2D eigenvalue weighted by Crippen LogP contribution is 2.13. The van der Waals surface area contributed by atoms with Gasteiger partial charge in [-0.1, -0.05) is 17.7 Å². The molecule has 0 heterocycles. The number of hydrogen-bond acceptors (Lipinski definition) is 4. The van der Waals surface area contributed by atoms with Gasteiger partial charge < -0.3 is 4.74 Å². The third-order valence-electron chi connectivity index (χ3n) is 3.28. The maximum absolute atomic E-state index is 12.0. The van der Waals surface area contributed by atoms with Gasteiger partial charge in [-0.25, -0.2) is 0 Å². The Morgan fingerprint density at radius 1 is 1.04 bits per heavy atom. The molecule has 2 rings (SSSR count). The van der Waals surface area contributed by atoms with Gasteiger partial charge in [0.15, 0.2) is 6.10 Å². The summed E-state index contributed by atoms with van der Waals surface area (Å²) in [6.45, 7) is 3.48. The molecule has 0 fully saturated rings. The first-order valence-electron chi connectivity index (χ1n) is 7.33. The first kappa shape index (κ1) is 17.0. The number of aryl methyl sites for hydroxylation is 1. The minimum atomic E-state index is -0.809. The lowest BCUT2D eigenvalue weighted by Gasteiger charge is -2.15. The molecular weight excluding hydrogens is 306 g/mol. The van der Waals surface area contributed by atoms with Gasteiger partial charge in [0.1, 0.15) is 5.75 Å². The van der Waals surface area contributed by atoms with Gasteiger partial charge in [-0.2, -0.15) is 5.26 Å². The van der Waals surface area contributed by atoms with Crippen molar-refractivity contribution in [2.24, 2.45) is 0 Å². The molecule has 122 valence electrons. The smallest absolute Gasteiger partial charge is 0.279 e. The fraction of sp³-hybridized carbons (Fsp3) is 0.167. The number of benzene rings is 2. The molecule has 2 amide bonds. The molecule has 24 heavy (non-hydrogen) atoms. The third kappa shape index (κ3) is 4.58.